The minimum absolute atomic E-state index is 0.0745. The second kappa shape index (κ2) is 51.6. The van der Waals surface area contributed by atoms with E-state index in [0.29, 0.717) is 19.3 Å². The predicted molar refractivity (Wildman–Crippen MR) is 273 cm³/mol. The van der Waals surface area contributed by atoms with Crippen molar-refractivity contribution in [1.82, 2.24) is 5.32 Å². The van der Waals surface area contributed by atoms with Crippen LogP contribution in [0.4, 0.5) is 0 Å². The number of carbonyl (C=O) groups is 2. The quantitative estimate of drug-likeness (QED) is 0.0321. The summed E-state index contributed by atoms with van der Waals surface area (Å²) in [5.74, 6) is -0.468. The zero-order chi connectivity index (χ0) is 45.9. The fraction of sp³-hybridized carbons (Fsp3) is 0.930. The number of amides is 1. The molecular weight excluding hydrogens is 779 g/mol. The van der Waals surface area contributed by atoms with Crippen LogP contribution < -0.4 is 5.32 Å². The Hall–Kier alpha value is -1.40. The van der Waals surface area contributed by atoms with Crippen molar-refractivity contribution in [3.05, 3.63) is 12.2 Å². The van der Waals surface area contributed by atoms with Gasteiger partial charge in [0, 0.05) is 6.42 Å². The average molecular weight is 891 g/mol. The number of aliphatic hydroxyl groups excluding tert-OH is 2. The molecule has 3 unspecified atom stereocenters. The first-order valence-corrected chi connectivity index (χ1v) is 28.4. The fourth-order valence-electron chi connectivity index (χ4n) is 9.02. The van der Waals surface area contributed by atoms with Gasteiger partial charge in [-0.2, -0.15) is 0 Å². The molecule has 0 saturated carbocycles. The summed E-state index contributed by atoms with van der Waals surface area (Å²) in [7, 11) is 0. The Morgan fingerprint density at radius 1 is 0.444 bits per heavy atom. The molecule has 0 fully saturated rings. The number of hydrogen-bond acceptors (Lipinski definition) is 5. The average Bonchev–Trinajstić information content (AvgIpc) is 3.28. The molecule has 0 bridgehead atoms. The van der Waals surface area contributed by atoms with Crippen molar-refractivity contribution in [3.63, 3.8) is 0 Å². The first-order valence-electron chi connectivity index (χ1n) is 28.4. The molecule has 3 atom stereocenters. The molecule has 0 aliphatic carbocycles. The van der Waals surface area contributed by atoms with Gasteiger partial charge in [0.2, 0.25) is 5.91 Å². The Balaban J connectivity index is 4.51. The van der Waals surface area contributed by atoms with Gasteiger partial charge >= 0.3 is 5.97 Å². The van der Waals surface area contributed by atoms with E-state index in [0.717, 1.165) is 57.8 Å². The van der Waals surface area contributed by atoms with Crippen LogP contribution in [0.15, 0.2) is 12.2 Å². The van der Waals surface area contributed by atoms with Crippen molar-refractivity contribution < 1.29 is 24.5 Å². The number of allylic oxidation sites excluding steroid dienone is 2. The van der Waals surface area contributed by atoms with Crippen LogP contribution in [0.25, 0.3) is 0 Å². The molecule has 1 amide bonds. The lowest BCUT2D eigenvalue weighted by atomic mass is 10.0. The molecule has 6 nitrogen and oxygen atoms in total. The van der Waals surface area contributed by atoms with Crippen LogP contribution in [0.3, 0.4) is 0 Å². The molecule has 0 aromatic heterocycles. The van der Waals surface area contributed by atoms with Gasteiger partial charge in [-0.25, -0.2) is 0 Å². The highest BCUT2D eigenvalue weighted by Gasteiger charge is 2.24. The van der Waals surface area contributed by atoms with E-state index < -0.39 is 18.2 Å². The van der Waals surface area contributed by atoms with E-state index in [1.54, 1.807) is 0 Å². The van der Waals surface area contributed by atoms with Gasteiger partial charge in [-0.05, 0) is 51.4 Å². The highest BCUT2D eigenvalue weighted by molar-refractivity contribution is 5.77. The third-order valence-corrected chi connectivity index (χ3v) is 13.3. The topological polar surface area (TPSA) is 95.9 Å². The van der Waals surface area contributed by atoms with Gasteiger partial charge in [0.1, 0.15) is 6.10 Å². The van der Waals surface area contributed by atoms with Crippen molar-refractivity contribution in [3.8, 4) is 0 Å². The lowest BCUT2D eigenvalue weighted by Crippen LogP contribution is -2.46. The van der Waals surface area contributed by atoms with Crippen LogP contribution >= 0.6 is 0 Å². The van der Waals surface area contributed by atoms with Crippen molar-refractivity contribution >= 4 is 11.9 Å². The van der Waals surface area contributed by atoms with E-state index in [4.69, 9.17) is 4.74 Å². The standard InChI is InChI=1S/C57H111NO5/c1-4-7-10-13-16-19-22-25-28-29-31-34-37-40-43-46-49-55(60)54(52-59)58-56(61)51-53(48-45-42-39-36-33-30-26-23-20-17-14-11-8-5-2)63-57(62)50-47-44-41-38-35-32-27-24-21-18-15-12-9-6-3/h30,33,53-55,59-60H,4-29,31-32,34-52H2,1-3H3,(H,58,61)/b33-30+. The normalized spacial score (nSPS) is 13.2. The van der Waals surface area contributed by atoms with Gasteiger partial charge in [-0.1, -0.05) is 264 Å². The molecule has 0 heterocycles. The van der Waals surface area contributed by atoms with Gasteiger partial charge in [-0.15, -0.1) is 0 Å². The Labute approximate surface area is 393 Å². The van der Waals surface area contributed by atoms with E-state index in [9.17, 15) is 19.8 Å². The lowest BCUT2D eigenvalue weighted by molar-refractivity contribution is -0.151. The molecule has 0 spiro atoms. The number of carbonyl (C=O) groups excluding carboxylic acids is 2. The van der Waals surface area contributed by atoms with Crippen molar-refractivity contribution in [2.75, 3.05) is 6.61 Å². The lowest BCUT2D eigenvalue weighted by Gasteiger charge is -2.24. The minimum Gasteiger partial charge on any atom is -0.462 e. The summed E-state index contributed by atoms with van der Waals surface area (Å²) in [5, 5.41) is 23.9. The Kier molecular flexibility index (Phi) is 50.4. The number of aliphatic hydroxyl groups is 2. The van der Waals surface area contributed by atoms with E-state index in [1.807, 2.05) is 0 Å². The number of hydrogen-bond donors (Lipinski definition) is 3. The summed E-state index contributed by atoms with van der Waals surface area (Å²) >= 11 is 0. The van der Waals surface area contributed by atoms with Crippen molar-refractivity contribution in [1.29, 1.82) is 0 Å². The minimum atomic E-state index is -0.786. The van der Waals surface area contributed by atoms with Crippen LogP contribution in [-0.4, -0.2) is 46.9 Å². The van der Waals surface area contributed by atoms with E-state index in [2.05, 4.69) is 38.2 Å². The van der Waals surface area contributed by atoms with E-state index in [1.165, 1.54) is 212 Å². The molecule has 0 aliphatic heterocycles. The van der Waals surface area contributed by atoms with E-state index >= 15 is 0 Å². The second-order valence-corrected chi connectivity index (χ2v) is 19.7. The summed E-state index contributed by atoms with van der Waals surface area (Å²) < 4.78 is 5.95. The SMILES string of the molecule is CCCCCCCCC/C=C/CCCCCC(CC(=O)NC(CO)C(O)CCCCCCCCCCCCCCCCCC)OC(=O)CCCCCCCCCCCCCCCC. The number of unbranched alkanes of at least 4 members (excludes halogenated alkanes) is 38. The Morgan fingerprint density at radius 3 is 1.14 bits per heavy atom. The third-order valence-electron chi connectivity index (χ3n) is 13.3. The van der Waals surface area contributed by atoms with Gasteiger partial charge in [0.05, 0.1) is 25.2 Å². The summed E-state index contributed by atoms with van der Waals surface area (Å²) in [5.41, 5.74) is 0. The molecule has 6 heteroatoms. The third kappa shape index (κ3) is 46.9. The number of esters is 1. The molecule has 0 aromatic rings. The van der Waals surface area contributed by atoms with Crippen LogP contribution in [-0.2, 0) is 14.3 Å². The Bertz CT molecular complexity index is 955. The first kappa shape index (κ1) is 61.6. The predicted octanol–water partition coefficient (Wildman–Crippen LogP) is 17.3. The maximum Gasteiger partial charge on any atom is 0.306 e. The van der Waals surface area contributed by atoms with Gasteiger partial charge in [-0.3, -0.25) is 9.59 Å². The number of nitrogens with one attached hydrogen (secondary N) is 1. The van der Waals surface area contributed by atoms with Crippen molar-refractivity contribution in [2.24, 2.45) is 0 Å². The maximum absolute atomic E-state index is 13.2. The second-order valence-electron chi connectivity index (χ2n) is 19.7. The summed E-state index contributed by atoms with van der Waals surface area (Å²) in [6.07, 6.45) is 58.5. The van der Waals surface area contributed by atoms with Crippen LogP contribution in [0.5, 0.6) is 0 Å². The molecule has 0 radical (unpaired) electrons. The summed E-state index contributed by atoms with van der Waals surface area (Å²) in [6, 6.07) is -0.700. The summed E-state index contributed by atoms with van der Waals surface area (Å²) in [6.45, 7) is 6.52. The Morgan fingerprint density at radius 2 is 0.762 bits per heavy atom. The molecule has 0 aliphatic rings. The van der Waals surface area contributed by atoms with Crippen LogP contribution in [0.2, 0.25) is 0 Å². The first-order chi connectivity index (χ1) is 31.0. The van der Waals surface area contributed by atoms with Crippen molar-refractivity contribution in [2.45, 2.75) is 334 Å². The molecule has 0 saturated heterocycles. The largest absolute Gasteiger partial charge is 0.462 e. The van der Waals surface area contributed by atoms with E-state index in [-0.39, 0.29) is 24.9 Å². The van der Waals surface area contributed by atoms with Gasteiger partial charge < -0.3 is 20.3 Å². The highest BCUT2D eigenvalue weighted by Crippen LogP contribution is 2.19. The molecule has 3 N–H and O–H groups in total. The van der Waals surface area contributed by atoms with Crippen LogP contribution in [0.1, 0.15) is 316 Å². The van der Waals surface area contributed by atoms with Gasteiger partial charge in [0.15, 0.2) is 0 Å². The monoisotopic (exact) mass is 890 g/mol. The van der Waals surface area contributed by atoms with Crippen LogP contribution in [0, 0.1) is 0 Å². The zero-order valence-electron chi connectivity index (χ0n) is 42.7. The number of rotatable bonds is 52. The highest BCUT2D eigenvalue weighted by atomic mass is 16.5. The molecule has 63 heavy (non-hydrogen) atoms. The summed E-state index contributed by atoms with van der Waals surface area (Å²) in [4.78, 5) is 26.2. The molecule has 374 valence electrons. The zero-order valence-corrected chi connectivity index (χ0v) is 42.7. The maximum atomic E-state index is 13.2. The molecule has 0 aromatic carbocycles. The number of ether oxygens (including phenoxy) is 1. The smallest absolute Gasteiger partial charge is 0.306 e. The molecule has 0 rings (SSSR count). The molecular formula is C57H111NO5. The fourth-order valence-corrected chi connectivity index (χ4v) is 9.02. The van der Waals surface area contributed by atoms with Gasteiger partial charge in [0.25, 0.3) is 0 Å².